The molecule has 1 atom stereocenters. The Hall–Kier alpha value is -1.87. The summed E-state index contributed by atoms with van der Waals surface area (Å²) in [6.07, 6.45) is 1.07. The maximum atomic E-state index is 12.9. The fraction of sp³-hybridized carbons (Fsp3) is 0.333. The quantitative estimate of drug-likeness (QED) is 0.822. The predicted octanol–water partition coefficient (Wildman–Crippen LogP) is 4.25. The number of benzene rings is 2. The summed E-state index contributed by atoms with van der Waals surface area (Å²) in [5, 5.41) is 3.51. The molecule has 2 rings (SSSR count). The summed E-state index contributed by atoms with van der Waals surface area (Å²) in [6, 6.07) is 14.6. The third-order valence-electron chi connectivity index (χ3n) is 3.43. The van der Waals surface area contributed by atoms with Gasteiger partial charge in [-0.3, -0.25) is 0 Å². The molecule has 0 amide bonds. The Balaban J connectivity index is 2.06. The molecule has 1 unspecified atom stereocenters. The van der Waals surface area contributed by atoms with Crippen molar-refractivity contribution >= 4 is 0 Å². The average Bonchev–Trinajstić information content (AvgIpc) is 2.50. The summed E-state index contributed by atoms with van der Waals surface area (Å²) < 4.78 is 18.7. The zero-order chi connectivity index (χ0) is 15.1. The maximum Gasteiger partial charge on any atom is 0.123 e. The van der Waals surface area contributed by atoms with Crippen molar-refractivity contribution in [1.82, 2.24) is 5.32 Å². The number of halogens is 1. The standard InChI is InChI=1S/C18H22FNO/c1-3-12-20-18(17-7-5-4-6-14(17)2)13-21-16-10-8-15(19)9-11-16/h4-11,18,20H,3,12-13H2,1-2H3. The second-order valence-corrected chi connectivity index (χ2v) is 5.13. The van der Waals surface area contributed by atoms with Crippen LogP contribution in [-0.2, 0) is 0 Å². The number of rotatable bonds is 7. The van der Waals surface area contributed by atoms with Crippen LogP contribution in [0.2, 0.25) is 0 Å². The van der Waals surface area contributed by atoms with Crippen LogP contribution in [0.4, 0.5) is 4.39 Å². The monoisotopic (exact) mass is 287 g/mol. The van der Waals surface area contributed by atoms with Gasteiger partial charge in [0.15, 0.2) is 0 Å². The molecule has 112 valence electrons. The van der Waals surface area contributed by atoms with Crippen LogP contribution in [0.15, 0.2) is 48.5 Å². The molecule has 0 aliphatic heterocycles. The highest BCUT2D eigenvalue weighted by molar-refractivity contribution is 5.29. The molecule has 0 saturated carbocycles. The zero-order valence-corrected chi connectivity index (χ0v) is 12.6. The first-order valence-corrected chi connectivity index (χ1v) is 7.38. The van der Waals surface area contributed by atoms with E-state index in [-0.39, 0.29) is 11.9 Å². The maximum absolute atomic E-state index is 12.9. The number of nitrogens with one attached hydrogen (secondary N) is 1. The minimum atomic E-state index is -0.248. The molecular formula is C18H22FNO. The molecule has 3 heteroatoms. The van der Waals surface area contributed by atoms with Gasteiger partial charge in [-0.15, -0.1) is 0 Å². The lowest BCUT2D eigenvalue weighted by Crippen LogP contribution is -2.28. The van der Waals surface area contributed by atoms with Gasteiger partial charge in [-0.1, -0.05) is 31.2 Å². The lowest BCUT2D eigenvalue weighted by molar-refractivity contribution is 0.265. The van der Waals surface area contributed by atoms with Crippen LogP contribution in [0, 0.1) is 12.7 Å². The van der Waals surface area contributed by atoms with E-state index in [1.165, 1.54) is 23.3 Å². The summed E-state index contributed by atoms with van der Waals surface area (Å²) >= 11 is 0. The van der Waals surface area contributed by atoms with E-state index in [9.17, 15) is 4.39 Å². The van der Waals surface area contributed by atoms with Gasteiger partial charge in [0.05, 0.1) is 6.04 Å². The smallest absolute Gasteiger partial charge is 0.123 e. The van der Waals surface area contributed by atoms with E-state index in [0.29, 0.717) is 12.4 Å². The molecule has 0 spiro atoms. The van der Waals surface area contributed by atoms with Crippen molar-refractivity contribution < 1.29 is 9.13 Å². The first kappa shape index (κ1) is 15.5. The summed E-state index contributed by atoms with van der Waals surface area (Å²) in [4.78, 5) is 0. The Morgan fingerprint density at radius 1 is 1.10 bits per heavy atom. The highest BCUT2D eigenvalue weighted by Gasteiger charge is 2.13. The Morgan fingerprint density at radius 3 is 2.48 bits per heavy atom. The van der Waals surface area contributed by atoms with E-state index in [2.05, 4.69) is 31.3 Å². The van der Waals surface area contributed by atoms with E-state index < -0.39 is 0 Å². The van der Waals surface area contributed by atoms with Crippen molar-refractivity contribution in [3.63, 3.8) is 0 Å². The highest BCUT2D eigenvalue weighted by atomic mass is 19.1. The van der Waals surface area contributed by atoms with Crippen LogP contribution in [0.5, 0.6) is 5.75 Å². The van der Waals surface area contributed by atoms with E-state index in [1.54, 1.807) is 12.1 Å². The third-order valence-corrected chi connectivity index (χ3v) is 3.43. The van der Waals surface area contributed by atoms with Gasteiger partial charge < -0.3 is 10.1 Å². The van der Waals surface area contributed by atoms with Crippen LogP contribution >= 0.6 is 0 Å². The fourth-order valence-electron chi connectivity index (χ4n) is 2.27. The zero-order valence-electron chi connectivity index (χ0n) is 12.6. The molecule has 2 aromatic rings. The average molecular weight is 287 g/mol. The van der Waals surface area contributed by atoms with Gasteiger partial charge in [0, 0.05) is 0 Å². The molecule has 21 heavy (non-hydrogen) atoms. The summed E-state index contributed by atoms with van der Waals surface area (Å²) in [6.45, 7) is 5.71. The highest BCUT2D eigenvalue weighted by Crippen LogP contribution is 2.20. The molecule has 0 aromatic heterocycles. The van der Waals surface area contributed by atoms with Crippen LogP contribution in [0.3, 0.4) is 0 Å². The number of hydrogen-bond acceptors (Lipinski definition) is 2. The summed E-state index contributed by atoms with van der Waals surface area (Å²) in [7, 11) is 0. The normalized spacial score (nSPS) is 12.1. The van der Waals surface area contributed by atoms with Gasteiger partial charge >= 0.3 is 0 Å². The summed E-state index contributed by atoms with van der Waals surface area (Å²) in [5.41, 5.74) is 2.49. The first-order valence-electron chi connectivity index (χ1n) is 7.38. The molecule has 1 N–H and O–H groups in total. The van der Waals surface area contributed by atoms with E-state index in [4.69, 9.17) is 4.74 Å². The SMILES string of the molecule is CCCNC(COc1ccc(F)cc1)c1ccccc1C. The van der Waals surface area contributed by atoms with Crippen molar-refractivity contribution in [2.24, 2.45) is 0 Å². The van der Waals surface area contributed by atoms with Crippen molar-refractivity contribution in [1.29, 1.82) is 0 Å². The lowest BCUT2D eigenvalue weighted by atomic mass is 10.0. The van der Waals surface area contributed by atoms with Crippen LogP contribution < -0.4 is 10.1 Å². The van der Waals surface area contributed by atoms with Gasteiger partial charge in [-0.2, -0.15) is 0 Å². The van der Waals surface area contributed by atoms with Gasteiger partial charge in [0.2, 0.25) is 0 Å². The second kappa shape index (κ2) is 7.79. The Kier molecular flexibility index (Phi) is 5.76. The van der Waals surface area contributed by atoms with Crippen molar-refractivity contribution in [3.05, 3.63) is 65.5 Å². The number of ether oxygens (including phenoxy) is 1. The minimum absolute atomic E-state index is 0.135. The molecule has 0 heterocycles. The summed E-state index contributed by atoms with van der Waals surface area (Å²) in [5.74, 6) is 0.440. The van der Waals surface area contributed by atoms with Crippen molar-refractivity contribution in [2.45, 2.75) is 26.3 Å². The van der Waals surface area contributed by atoms with E-state index >= 15 is 0 Å². The molecule has 2 nitrogen and oxygen atoms in total. The topological polar surface area (TPSA) is 21.3 Å². The van der Waals surface area contributed by atoms with Crippen LogP contribution in [-0.4, -0.2) is 13.2 Å². The molecule has 0 aliphatic carbocycles. The van der Waals surface area contributed by atoms with Gasteiger partial charge in [0.25, 0.3) is 0 Å². The lowest BCUT2D eigenvalue weighted by Gasteiger charge is -2.21. The van der Waals surface area contributed by atoms with Crippen LogP contribution in [0.25, 0.3) is 0 Å². The van der Waals surface area contributed by atoms with E-state index in [0.717, 1.165) is 13.0 Å². The molecule has 0 bridgehead atoms. The Labute approximate surface area is 126 Å². The molecule has 0 radical (unpaired) electrons. The number of hydrogen-bond donors (Lipinski definition) is 1. The largest absolute Gasteiger partial charge is 0.492 e. The van der Waals surface area contributed by atoms with Crippen molar-refractivity contribution in [2.75, 3.05) is 13.2 Å². The second-order valence-electron chi connectivity index (χ2n) is 5.13. The van der Waals surface area contributed by atoms with Crippen molar-refractivity contribution in [3.8, 4) is 5.75 Å². The van der Waals surface area contributed by atoms with Gasteiger partial charge in [0.1, 0.15) is 18.2 Å². The molecule has 0 saturated heterocycles. The molecule has 0 fully saturated rings. The molecular weight excluding hydrogens is 265 g/mol. The fourth-order valence-corrected chi connectivity index (χ4v) is 2.27. The first-order chi connectivity index (χ1) is 10.2. The molecule has 0 aliphatic rings. The molecule has 2 aromatic carbocycles. The van der Waals surface area contributed by atoms with Gasteiger partial charge in [-0.25, -0.2) is 4.39 Å². The Morgan fingerprint density at radius 2 is 1.81 bits per heavy atom. The minimum Gasteiger partial charge on any atom is -0.492 e. The van der Waals surface area contributed by atoms with Gasteiger partial charge in [-0.05, 0) is 55.3 Å². The van der Waals surface area contributed by atoms with Crippen LogP contribution in [0.1, 0.15) is 30.5 Å². The van der Waals surface area contributed by atoms with E-state index in [1.807, 2.05) is 12.1 Å². The third kappa shape index (κ3) is 4.57. The number of aryl methyl sites for hydroxylation is 1. The predicted molar refractivity (Wildman–Crippen MR) is 84.1 cm³/mol. The Bertz CT molecular complexity index is 553.